The van der Waals surface area contributed by atoms with Crippen LogP contribution in [0.2, 0.25) is 0 Å². The van der Waals surface area contributed by atoms with Crippen molar-refractivity contribution in [3.8, 4) is 0 Å². The maximum atomic E-state index is 11.8. The van der Waals surface area contributed by atoms with Crippen LogP contribution in [0.15, 0.2) is 24.3 Å². The Morgan fingerprint density at radius 3 is 2.04 bits per heavy atom. The zero-order chi connectivity index (χ0) is 18.7. The fraction of sp³-hybridized carbons (Fsp3) is 0.792. The topological polar surface area (TPSA) is 26.3 Å². The molecule has 0 atom stereocenters. The second kappa shape index (κ2) is 17.4. The van der Waals surface area contributed by atoms with Gasteiger partial charge in [-0.2, -0.15) is 0 Å². The number of hydrogen-bond donors (Lipinski definition) is 0. The van der Waals surface area contributed by atoms with E-state index in [2.05, 4.69) is 31.2 Å². The van der Waals surface area contributed by atoms with Crippen molar-refractivity contribution in [2.45, 2.75) is 122 Å². The van der Waals surface area contributed by atoms with E-state index in [1.807, 2.05) is 0 Å². The van der Waals surface area contributed by atoms with Crippen LogP contribution in [0.25, 0.3) is 0 Å². The molecule has 0 heterocycles. The van der Waals surface area contributed by atoms with E-state index in [1.54, 1.807) is 0 Å². The minimum Gasteiger partial charge on any atom is -0.462 e. The SMILES string of the molecule is CCCCC/C=C/C=C/CCCCCCCCC(=O)OC1CCCCC1. The molecule has 0 unspecified atom stereocenters. The summed E-state index contributed by atoms with van der Waals surface area (Å²) < 4.78 is 5.56. The molecule has 150 valence electrons. The molecule has 1 rings (SSSR count). The summed E-state index contributed by atoms with van der Waals surface area (Å²) in [5.41, 5.74) is 0. The van der Waals surface area contributed by atoms with Gasteiger partial charge in [0.2, 0.25) is 0 Å². The summed E-state index contributed by atoms with van der Waals surface area (Å²) >= 11 is 0. The van der Waals surface area contributed by atoms with Gasteiger partial charge in [0.15, 0.2) is 0 Å². The number of allylic oxidation sites excluding steroid dienone is 4. The predicted octanol–water partition coefficient (Wildman–Crippen LogP) is 7.68. The summed E-state index contributed by atoms with van der Waals surface area (Å²) in [6.07, 6.45) is 29.4. The number of unbranched alkanes of at least 4 members (excludes halogenated alkanes) is 9. The van der Waals surface area contributed by atoms with Crippen molar-refractivity contribution in [2.24, 2.45) is 0 Å². The summed E-state index contributed by atoms with van der Waals surface area (Å²) in [5, 5.41) is 0. The van der Waals surface area contributed by atoms with Gasteiger partial charge >= 0.3 is 5.97 Å². The lowest BCUT2D eigenvalue weighted by Gasteiger charge is -2.21. The molecule has 0 N–H and O–H groups in total. The predicted molar refractivity (Wildman–Crippen MR) is 112 cm³/mol. The first-order valence-corrected chi connectivity index (χ1v) is 11.3. The standard InChI is InChI=1S/C24H42O2/c1-2-3-4-5-6-7-8-9-10-11-12-13-14-15-19-22-24(25)26-23-20-17-16-18-21-23/h6-9,23H,2-5,10-22H2,1H3/b7-6+,9-8+. The van der Waals surface area contributed by atoms with E-state index >= 15 is 0 Å². The molecule has 0 aliphatic heterocycles. The van der Waals surface area contributed by atoms with Crippen LogP contribution in [0.4, 0.5) is 0 Å². The van der Waals surface area contributed by atoms with Gasteiger partial charge in [0, 0.05) is 6.42 Å². The average molecular weight is 363 g/mol. The maximum Gasteiger partial charge on any atom is 0.306 e. The molecule has 2 nitrogen and oxygen atoms in total. The van der Waals surface area contributed by atoms with Crippen molar-refractivity contribution < 1.29 is 9.53 Å². The largest absolute Gasteiger partial charge is 0.462 e. The molecule has 26 heavy (non-hydrogen) atoms. The van der Waals surface area contributed by atoms with Gasteiger partial charge < -0.3 is 4.74 Å². The highest BCUT2D eigenvalue weighted by atomic mass is 16.5. The third-order valence-corrected chi connectivity index (χ3v) is 5.21. The third kappa shape index (κ3) is 14.2. The zero-order valence-electron chi connectivity index (χ0n) is 17.2. The third-order valence-electron chi connectivity index (χ3n) is 5.21. The monoisotopic (exact) mass is 362 g/mol. The minimum atomic E-state index is 0.0322. The number of carbonyl (C=O) groups is 1. The van der Waals surface area contributed by atoms with E-state index in [4.69, 9.17) is 4.74 Å². The first-order valence-electron chi connectivity index (χ1n) is 11.3. The lowest BCUT2D eigenvalue weighted by atomic mass is 9.98. The van der Waals surface area contributed by atoms with Crippen LogP contribution in [0, 0.1) is 0 Å². The van der Waals surface area contributed by atoms with Gasteiger partial charge in [-0.05, 0) is 57.8 Å². The molecule has 0 aromatic rings. The minimum absolute atomic E-state index is 0.0322. The van der Waals surface area contributed by atoms with Crippen LogP contribution < -0.4 is 0 Å². The Labute approximate surface area is 162 Å². The molecule has 1 saturated carbocycles. The number of hydrogen-bond acceptors (Lipinski definition) is 2. The van der Waals surface area contributed by atoms with Gasteiger partial charge in [0.25, 0.3) is 0 Å². The van der Waals surface area contributed by atoms with Gasteiger partial charge in [-0.1, -0.05) is 76.2 Å². The zero-order valence-corrected chi connectivity index (χ0v) is 17.2. The number of rotatable bonds is 15. The fourth-order valence-corrected chi connectivity index (χ4v) is 3.53. The Morgan fingerprint density at radius 2 is 1.38 bits per heavy atom. The van der Waals surface area contributed by atoms with Crippen LogP contribution in [-0.4, -0.2) is 12.1 Å². The van der Waals surface area contributed by atoms with Crippen molar-refractivity contribution in [2.75, 3.05) is 0 Å². The lowest BCUT2D eigenvalue weighted by Crippen LogP contribution is -2.20. The summed E-state index contributed by atoms with van der Waals surface area (Å²) in [4.78, 5) is 11.8. The van der Waals surface area contributed by atoms with Crippen molar-refractivity contribution in [3.63, 3.8) is 0 Å². The molecular weight excluding hydrogens is 320 g/mol. The number of carbonyl (C=O) groups excluding carboxylic acids is 1. The van der Waals surface area contributed by atoms with Crippen LogP contribution in [-0.2, 0) is 9.53 Å². The normalized spacial score (nSPS) is 15.9. The molecule has 0 radical (unpaired) electrons. The Balaban J connectivity index is 1.82. The van der Waals surface area contributed by atoms with E-state index in [-0.39, 0.29) is 12.1 Å². The van der Waals surface area contributed by atoms with Crippen LogP contribution in [0.1, 0.15) is 116 Å². The van der Waals surface area contributed by atoms with Gasteiger partial charge in [0.1, 0.15) is 6.10 Å². The Kier molecular flexibility index (Phi) is 15.4. The van der Waals surface area contributed by atoms with Gasteiger partial charge in [-0.25, -0.2) is 0 Å². The molecule has 0 saturated heterocycles. The smallest absolute Gasteiger partial charge is 0.306 e. The van der Waals surface area contributed by atoms with Crippen molar-refractivity contribution in [3.05, 3.63) is 24.3 Å². The second-order valence-electron chi connectivity index (χ2n) is 7.76. The molecule has 0 aromatic carbocycles. The Bertz CT molecular complexity index is 378. The van der Waals surface area contributed by atoms with Gasteiger partial charge in [0.05, 0.1) is 0 Å². The van der Waals surface area contributed by atoms with Gasteiger partial charge in [-0.3, -0.25) is 4.79 Å². The van der Waals surface area contributed by atoms with E-state index in [1.165, 1.54) is 77.0 Å². The van der Waals surface area contributed by atoms with E-state index in [0.29, 0.717) is 6.42 Å². The molecule has 2 heteroatoms. The highest BCUT2D eigenvalue weighted by molar-refractivity contribution is 5.69. The van der Waals surface area contributed by atoms with Crippen LogP contribution in [0.5, 0.6) is 0 Å². The van der Waals surface area contributed by atoms with Gasteiger partial charge in [-0.15, -0.1) is 0 Å². The summed E-state index contributed by atoms with van der Waals surface area (Å²) in [6.45, 7) is 2.25. The quantitative estimate of drug-likeness (QED) is 0.170. The molecular formula is C24H42O2. The first-order chi connectivity index (χ1) is 12.8. The second-order valence-corrected chi connectivity index (χ2v) is 7.76. The molecule has 1 aliphatic rings. The van der Waals surface area contributed by atoms with E-state index in [0.717, 1.165) is 25.7 Å². The Morgan fingerprint density at radius 1 is 0.808 bits per heavy atom. The summed E-state index contributed by atoms with van der Waals surface area (Å²) in [7, 11) is 0. The average Bonchev–Trinajstić information content (AvgIpc) is 2.65. The molecule has 1 fully saturated rings. The highest BCUT2D eigenvalue weighted by Gasteiger charge is 2.17. The molecule has 0 amide bonds. The Hall–Kier alpha value is -1.05. The number of esters is 1. The molecule has 1 aliphatic carbocycles. The molecule has 0 aromatic heterocycles. The molecule has 0 spiro atoms. The van der Waals surface area contributed by atoms with Crippen molar-refractivity contribution >= 4 is 5.97 Å². The first kappa shape index (κ1) is 23.0. The maximum absolute atomic E-state index is 11.8. The fourth-order valence-electron chi connectivity index (χ4n) is 3.53. The van der Waals surface area contributed by atoms with Crippen LogP contribution >= 0.6 is 0 Å². The summed E-state index contributed by atoms with van der Waals surface area (Å²) in [5.74, 6) is 0.0322. The molecule has 0 bridgehead atoms. The van der Waals surface area contributed by atoms with Crippen LogP contribution in [0.3, 0.4) is 0 Å². The van der Waals surface area contributed by atoms with E-state index in [9.17, 15) is 4.79 Å². The van der Waals surface area contributed by atoms with E-state index < -0.39 is 0 Å². The lowest BCUT2D eigenvalue weighted by molar-refractivity contribution is -0.150. The van der Waals surface area contributed by atoms with Crippen molar-refractivity contribution in [1.82, 2.24) is 0 Å². The number of ether oxygens (including phenoxy) is 1. The van der Waals surface area contributed by atoms with Crippen molar-refractivity contribution in [1.29, 1.82) is 0 Å². The summed E-state index contributed by atoms with van der Waals surface area (Å²) in [6, 6.07) is 0. The highest BCUT2D eigenvalue weighted by Crippen LogP contribution is 2.21.